The first kappa shape index (κ1) is 23.9. The molecule has 0 aliphatic carbocycles. The maximum absolute atomic E-state index is 13.4. The van der Waals surface area contributed by atoms with E-state index in [-0.39, 0.29) is 41.4 Å². The first-order valence-corrected chi connectivity index (χ1v) is 12.3. The molecule has 2 heterocycles. The first-order chi connectivity index (χ1) is 16.1. The summed E-state index contributed by atoms with van der Waals surface area (Å²) in [6.07, 6.45) is -4.21. The number of amides is 1. The predicted molar refractivity (Wildman–Crippen MR) is 119 cm³/mol. The largest absolute Gasteiger partial charge is 0.496 e. The molecule has 3 aromatic rings. The second-order valence-electron chi connectivity index (χ2n) is 8.03. The maximum Gasteiger partial charge on any atom is 0.416 e. The molecule has 0 N–H and O–H groups in total. The van der Waals surface area contributed by atoms with Crippen LogP contribution in [0.15, 0.2) is 65.1 Å². The molecule has 1 aliphatic heterocycles. The summed E-state index contributed by atoms with van der Waals surface area (Å²) in [6, 6.07) is 13.9. The molecule has 0 spiro atoms. The van der Waals surface area contributed by atoms with Crippen LogP contribution in [0.4, 0.5) is 13.2 Å². The molecule has 1 aliphatic rings. The summed E-state index contributed by atoms with van der Waals surface area (Å²) in [6.45, 7) is -0.0456. The third kappa shape index (κ3) is 5.11. The molecule has 180 valence electrons. The van der Waals surface area contributed by atoms with Crippen LogP contribution >= 0.6 is 0 Å². The summed E-state index contributed by atoms with van der Waals surface area (Å²) in [7, 11) is -1.85. The summed E-state index contributed by atoms with van der Waals surface area (Å²) < 4.78 is 74.5. The Morgan fingerprint density at radius 2 is 1.88 bits per heavy atom. The van der Waals surface area contributed by atoms with Crippen molar-refractivity contribution < 1.29 is 35.5 Å². The molecule has 0 unspecified atom stereocenters. The minimum absolute atomic E-state index is 0.0268. The molecule has 0 radical (unpaired) electrons. The summed E-state index contributed by atoms with van der Waals surface area (Å²) >= 11 is 0. The zero-order valence-corrected chi connectivity index (χ0v) is 19.0. The molecule has 1 aromatic heterocycles. The third-order valence-corrected chi connectivity index (χ3v) is 7.46. The molecular weight excluding hydrogens is 471 g/mol. The minimum atomic E-state index is -4.49. The van der Waals surface area contributed by atoms with Gasteiger partial charge in [0.25, 0.3) is 5.91 Å². The summed E-state index contributed by atoms with van der Waals surface area (Å²) in [5.74, 6) is 0.264. The van der Waals surface area contributed by atoms with Gasteiger partial charge in [-0.1, -0.05) is 24.3 Å². The number of nitrogens with zero attached hydrogens (tertiary/aromatic N) is 1. The average Bonchev–Trinajstić information content (AvgIpc) is 3.42. The van der Waals surface area contributed by atoms with Gasteiger partial charge in [0.05, 0.1) is 36.3 Å². The van der Waals surface area contributed by atoms with E-state index in [0.29, 0.717) is 11.5 Å². The van der Waals surface area contributed by atoms with Gasteiger partial charge in [-0.3, -0.25) is 4.79 Å². The maximum atomic E-state index is 13.4. The number of hydrogen-bond donors (Lipinski definition) is 0. The van der Waals surface area contributed by atoms with E-state index in [9.17, 15) is 26.4 Å². The Labute approximate surface area is 194 Å². The van der Waals surface area contributed by atoms with E-state index in [1.807, 2.05) is 0 Å². The van der Waals surface area contributed by atoms with Crippen molar-refractivity contribution in [2.24, 2.45) is 0 Å². The molecule has 1 atom stereocenters. The van der Waals surface area contributed by atoms with Crippen molar-refractivity contribution in [3.05, 3.63) is 77.6 Å². The zero-order chi connectivity index (χ0) is 24.5. The Morgan fingerprint density at radius 3 is 2.56 bits per heavy atom. The molecule has 34 heavy (non-hydrogen) atoms. The van der Waals surface area contributed by atoms with Crippen molar-refractivity contribution in [2.75, 3.05) is 18.6 Å². The Morgan fingerprint density at radius 1 is 1.12 bits per heavy atom. The fourth-order valence-electron chi connectivity index (χ4n) is 4.00. The smallest absolute Gasteiger partial charge is 0.416 e. The predicted octanol–water partition coefficient (Wildman–Crippen LogP) is 4.80. The number of alkyl halides is 3. The van der Waals surface area contributed by atoms with Crippen molar-refractivity contribution in [1.29, 1.82) is 0 Å². The van der Waals surface area contributed by atoms with Gasteiger partial charge in [0, 0.05) is 11.6 Å². The second kappa shape index (κ2) is 9.17. The molecule has 4 rings (SSSR count). The van der Waals surface area contributed by atoms with Crippen molar-refractivity contribution in [3.63, 3.8) is 0 Å². The van der Waals surface area contributed by atoms with Gasteiger partial charge >= 0.3 is 6.18 Å². The van der Waals surface area contributed by atoms with E-state index in [1.54, 1.807) is 30.3 Å². The Hall–Kier alpha value is -3.27. The van der Waals surface area contributed by atoms with Gasteiger partial charge in [-0.25, -0.2) is 8.42 Å². The number of para-hydroxylation sites is 1. The Kier molecular flexibility index (Phi) is 6.44. The number of halogens is 3. The van der Waals surface area contributed by atoms with Gasteiger partial charge in [0.2, 0.25) is 0 Å². The molecule has 10 heteroatoms. The molecule has 1 saturated heterocycles. The average molecular weight is 494 g/mol. The van der Waals surface area contributed by atoms with Gasteiger partial charge in [0.15, 0.2) is 9.84 Å². The van der Waals surface area contributed by atoms with E-state index in [0.717, 1.165) is 12.1 Å². The highest BCUT2D eigenvalue weighted by molar-refractivity contribution is 7.91. The van der Waals surface area contributed by atoms with Crippen LogP contribution in [-0.4, -0.2) is 43.9 Å². The highest BCUT2D eigenvalue weighted by Crippen LogP contribution is 2.33. The van der Waals surface area contributed by atoms with E-state index in [1.165, 1.54) is 30.2 Å². The van der Waals surface area contributed by atoms with E-state index in [4.69, 9.17) is 9.15 Å². The minimum Gasteiger partial charge on any atom is -0.496 e. The van der Waals surface area contributed by atoms with Crippen molar-refractivity contribution >= 4 is 15.7 Å². The lowest BCUT2D eigenvalue weighted by atomic mass is 10.1. The van der Waals surface area contributed by atoms with E-state index in [2.05, 4.69) is 0 Å². The fraction of sp³-hybridized carbons (Fsp3) is 0.292. The van der Waals surface area contributed by atoms with Crippen LogP contribution in [0.1, 0.15) is 28.1 Å². The zero-order valence-electron chi connectivity index (χ0n) is 18.2. The number of benzene rings is 2. The van der Waals surface area contributed by atoms with E-state index >= 15 is 0 Å². The van der Waals surface area contributed by atoms with Crippen molar-refractivity contribution in [2.45, 2.75) is 25.2 Å². The molecule has 0 saturated carbocycles. The second-order valence-corrected chi connectivity index (χ2v) is 10.3. The highest BCUT2D eigenvalue weighted by atomic mass is 32.2. The first-order valence-electron chi connectivity index (χ1n) is 10.5. The normalized spacial score (nSPS) is 17.5. The van der Waals surface area contributed by atoms with Gasteiger partial charge < -0.3 is 14.1 Å². The van der Waals surface area contributed by atoms with Gasteiger partial charge in [-0.05, 0) is 42.8 Å². The molecule has 1 fully saturated rings. The third-order valence-electron chi connectivity index (χ3n) is 5.71. The van der Waals surface area contributed by atoms with Crippen LogP contribution in [0.3, 0.4) is 0 Å². The van der Waals surface area contributed by atoms with Gasteiger partial charge in [-0.15, -0.1) is 0 Å². The van der Waals surface area contributed by atoms with Crippen molar-refractivity contribution in [3.8, 4) is 17.1 Å². The number of hydrogen-bond acceptors (Lipinski definition) is 5. The molecule has 1 amide bonds. The van der Waals surface area contributed by atoms with Crippen LogP contribution in [0.2, 0.25) is 0 Å². The number of carbonyl (C=O) groups is 1. The molecule has 0 bridgehead atoms. The summed E-state index contributed by atoms with van der Waals surface area (Å²) in [4.78, 5) is 14.9. The Bertz CT molecular complexity index is 1300. The molecule has 6 nitrogen and oxygen atoms in total. The molecule has 2 aromatic carbocycles. The monoisotopic (exact) mass is 493 g/mol. The van der Waals surface area contributed by atoms with Crippen LogP contribution < -0.4 is 4.74 Å². The number of sulfone groups is 1. The van der Waals surface area contributed by atoms with E-state index < -0.39 is 33.5 Å². The van der Waals surface area contributed by atoms with Crippen LogP contribution in [-0.2, 0) is 22.6 Å². The topological polar surface area (TPSA) is 76.8 Å². The Balaban J connectivity index is 1.64. The standard InChI is InChI=1S/C24H22F3NO5S/c1-32-22-8-3-2-7-20(22)23(29)28(18-11-12-34(30,31)15-18)14-19-9-10-21(33-19)16-5-4-6-17(13-16)24(25,26)27/h2-10,13,18H,11-12,14-15H2,1H3/t18-/m1/s1. The number of furan rings is 1. The van der Waals surface area contributed by atoms with Crippen LogP contribution in [0.5, 0.6) is 5.75 Å². The van der Waals surface area contributed by atoms with Crippen LogP contribution in [0, 0.1) is 0 Å². The lowest BCUT2D eigenvalue weighted by molar-refractivity contribution is -0.137. The highest BCUT2D eigenvalue weighted by Gasteiger charge is 2.36. The van der Waals surface area contributed by atoms with Crippen molar-refractivity contribution in [1.82, 2.24) is 4.90 Å². The van der Waals surface area contributed by atoms with Crippen LogP contribution in [0.25, 0.3) is 11.3 Å². The number of ether oxygens (including phenoxy) is 1. The quantitative estimate of drug-likeness (QED) is 0.493. The van der Waals surface area contributed by atoms with Gasteiger partial charge in [-0.2, -0.15) is 13.2 Å². The lowest BCUT2D eigenvalue weighted by Gasteiger charge is -2.28. The summed E-state index contributed by atoms with van der Waals surface area (Å²) in [5.41, 5.74) is -0.279. The lowest BCUT2D eigenvalue weighted by Crippen LogP contribution is -2.40. The van der Waals surface area contributed by atoms with Gasteiger partial charge in [0.1, 0.15) is 17.3 Å². The summed E-state index contributed by atoms with van der Waals surface area (Å²) in [5, 5.41) is 0. The number of rotatable bonds is 6. The number of carbonyl (C=O) groups excluding carboxylic acids is 1. The molecular formula is C24H22F3NO5S. The number of methoxy groups -OCH3 is 1. The fourth-order valence-corrected chi connectivity index (χ4v) is 5.73. The SMILES string of the molecule is COc1ccccc1C(=O)N(Cc1ccc(-c2cccc(C(F)(F)F)c2)o1)[C@@H]1CCS(=O)(=O)C1.